The number of aromatic nitrogens is 1. The van der Waals surface area contributed by atoms with Gasteiger partial charge in [0.25, 0.3) is 5.69 Å². The molecule has 4 rings (SSSR count). The number of hydrogen-bond acceptors (Lipinski definition) is 7. The number of nitrogens with zero attached hydrogens (tertiary/aromatic N) is 4. The maximum absolute atomic E-state index is 11.4. The zero-order valence-corrected chi connectivity index (χ0v) is 15.0. The van der Waals surface area contributed by atoms with Gasteiger partial charge in [0, 0.05) is 18.0 Å². The van der Waals surface area contributed by atoms with Crippen LogP contribution in [0.5, 0.6) is 11.5 Å². The van der Waals surface area contributed by atoms with E-state index < -0.39 is 4.92 Å². The van der Waals surface area contributed by atoms with Crippen LogP contribution >= 0.6 is 11.3 Å². The van der Waals surface area contributed by atoms with Crippen molar-refractivity contribution < 1.29 is 14.4 Å². The van der Waals surface area contributed by atoms with Gasteiger partial charge < -0.3 is 9.47 Å². The Balaban J connectivity index is 1.81. The van der Waals surface area contributed by atoms with Crippen molar-refractivity contribution >= 4 is 23.2 Å². The molecule has 0 saturated carbocycles. The van der Waals surface area contributed by atoms with Gasteiger partial charge in [0.1, 0.15) is 0 Å². The van der Waals surface area contributed by atoms with E-state index in [4.69, 9.17) is 9.47 Å². The molecule has 1 aliphatic rings. The first-order valence-corrected chi connectivity index (χ1v) is 8.86. The first-order chi connectivity index (χ1) is 13.2. The van der Waals surface area contributed by atoms with Crippen LogP contribution < -0.4 is 14.3 Å². The van der Waals surface area contributed by atoms with Gasteiger partial charge >= 0.3 is 0 Å². The minimum Gasteiger partial charge on any atom is -0.454 e. The quantitative estimate of drug-likeness (QED) is 0.393. The van der Waals surface area contributed by atoms with Gasteiger partial charge in [-0.3, -0.25) is 15.1 Å². The predicted molar refractivity (Wildman–Crippen MR) is 101 cm³/mol. The Kier molecular flexibility index (Phi) is 4.43. The van der Waals surface area contributed by atoms with Crippen molar-refractivity contribution in [2.24, 2.45) is 10.1 Å². The molecule has 0 bridgehead atoms. The van der Waals surface area contributed by atoms with Crippen molar-refractivity contribution in [2.45, 2.75) is 0 Å². The molecule has 9 heteroatoms. The topological polar surface area (TPSA) is 91.2 Å². The van der Waals surface area contributed by atoms with Gasteiger partial charge in [0.05, 0.1) is 28.5 Å². The molecular weight excluding hydrogens is 368 g/mol. The number of nitro groups is 1. The van der Waals surface area contributed by atoms with Crippen LogP contribution in [0.3, 0.4) is 0 Å². The van der Waals surface area contributed by atoms with Crippen molar-refractivity contribution in [3.8, 4) is 22.8 Å². The van der Waals surface area contributed by atoms with Crippen molar-refractivity contribution in [1.29, 1.82) is 0 Å². The van der Waals surface area contributed by atoms with Gasteiger partial charge in [0.15, 0.2) is 11.5 Å². The van der Waals surface area contributed by atoms with E-state index in [2.05, 4.69) is 10.1 Å². The average molecular weight is 382 g/mol. The molecule has 0 spiro atoms. The largest absolute Gasteiger partial charge is 0.454 e. The van der Waals surface area contributed by atoms with E-state index in [1.165, 1.54) is 23.6 Å². The molecular formula is C18H14N4O4S. The van der Waals surface area contributed by atoms with E-state index in [1.807, 2.05) is 35.7 Å². The monoisotopic (exact) mass is 382 g/mol. The van der Waals surface area contributed by atoms with E-state index in [0.29, 0.717) is 21.9 Å². The fraction of sp³-hybridized carbons (Fsp3) is 0.111. The molecule has 0 N–H and O–H groups in total. The second kappa shape index (κ2) is 7.04. The first kappa shape index (κ1) is 17.0. The Bertz CT molecular complexity index is 1100. The summed E-state index contributed by atoms with van der Waals surface area (Å²) in [5.74, 6) is 0.817. The Labute approximate surface area is 157 Å². The van der Waals surface area contributed by atoms with Crippen LogP contribution in [0.25, 0.3) is 11.3 Å². The molecule has 3 aromatic rings. The second-order valence-corrected chi connectivity index (χ2v) is 6.41. The molecule has 8 nitrogen and oxygen atoms in total. The first-order valence-electron chi connectivity index (χ1n) is 7.98. The van der Waals surface area contributed by atoms with Crippen molar-refractivity contribution in [1.82, 2.24) is 4.68 Å². The van der Waals surface area contributed by atoms with E-state index in [1.54, 1.807) is 17.8 Å². The molecule has 1 aromatic heterocycles. The molecule has 27 heavy (non-hydrogen) atoms. The third-order valence-electron chi connectivity index (χ3n) is 3.98. The van der Waals surface area contributed by atoms with Gasteiger partial charge in [-0.2, -0.15) is 5.10 Å². The minimum absolute atomic E-state index is 0.0450. The molecule has 1 aliphatic heterocycles. The number of rotatable bonds is 4. The van der Waals surface area contributed by atoms with E-state index >= 15 is 0 Å². The lowest BCUT2D eigenvalue weighted by Crippen LogP contribution is -2.11. The summed E-state index contributed by atoms with van der Waals surface area (Å²) in [5.41, 5.74) is 2.04. The molecule has 0 radical (unpaired) electrons. The number of ether oxygens (including phenoxy) is 2. The Morgan fingerprint density at radius 2 is 1.96 bits per heavy atom. The lowest BCUT2D eigenvalue weighted by molar-refractivity contribution is -0.385. The van der Waals surface area contributed by atoms with Crippen LogP contribution in [-0.2, 0) is 0 Å². The molecule has 0 aliphatic carbocycles. The smallest absolute Gasteiger partial charge is 0.282 e. The van der Waals surface area contributed by atoms with E-state index in [9.17, 15) is 10.1 Å². The highest BCUT2D eigenvalue weighted by Crippen LogP contribution is 2.37. The molecule has 2 aromatic carbocycles. The third kappa shape index (κ3) is 3.20. The SMILES string of the molecule is CN=c1scc(-c2ccccc2)n1N=Cc1cc2c(cc1[N+](=O)[O-])OCO2. The predicted octanol–water partition coefficient (Wildman–Crippen LogP) is 3.27. The number of hydrogen-bond donors (Lipinski definition) is 0. The van der Waals surface area contributed by atoms with Gasteiger partial charge in [-0.25, -0.2) is 4.68 Å². The summed E-state index contributed by atoms with van der Waals surface area (Å²) >= 11 is 1.44. The molecule has 0 unspecified atom stereocenters. The summed E-state index contributed by atoms with van der Waals surface area (Å²) < 4.78 is 12.2. The van der Waals surface area contributed by atoms with Crippen LogP contribution in [0.4, 0.5) is 5.69 Å². The highest BCUT2D eigenvalue weighted by molar-refractivity contribution is 7.07. The molecule has 2 heterocycles. The van der Waals surface area contributed by atoms with Crippen molar-refractivity contribution in [2.75, 3.05) is 13.8 Å². The van der Waals surface area contributed by atoms with Crippen LogP contribution in [0.15, 0.2) is 57.9 Å². The Hall–Kier alpha value is -3.46. The molecule has 0 amide bonds. The zero-order valence-electron chi connectivity index (χ0n) is 14.2. The number of nitro benzene ring substituents is 1. The Morgan fingerprint density at radius 1 is 1.22 bits per heavy atom. The van der Waals surface area contributed by atoms with Crippen LogP contribution in [0.2, 0.25) is 0 Å². The van der Waals surface area contributed by atoms with Gasteiger partial charge in [-0.1, -0.05) is 30.3 Å². The molecule has 136 valence electrons. The standard InChI is InChI=1S/C18H14N4O4S/c1-19-18-21(15(10-27-18)12-5-3-2-4-6-12)20-9-13-7-16-17(26-11-25-16)8-14(13)22(23)24/h2-10H,11H2,1H3. The second-order valence-electron chi connectivity index (χ2n) is 5.57. The summed E-state index contributed by atoms with van der Waals surface area (Å²) in [7, 11) is 1.68. The maximum atomic E-state index is 11.4. The van der Waals surface area contributed by atoms with E-state index in [0.717, 1.165) is 11.3 Å². The number of fused-ring (bicyclic) bond motifs is 1. The summed E-state index contributed by atoms with van der Waals surface area (Å²) in [5, 5.41) is 17.8. The van der Waals surface area contributed by atoms with Crippen molar-refractivity contribution in [3.63, 3.8) is 0 Å². The van der Waals surface area contributed by atoms with Gasteiger partial charge in [-0.05, 0) is 6.07 Å². The molecule has 0 fully saturated rings. The normalized spacial score (nSPS) is 13.4. The maximum Gasteiger partial charge on any atom is 0.282 e. The molecule has 0 atom stereocenters. The molecule has 0 saturated heterocycles. The fourth-order valence-corrected chi connectivity index (χ4v) is 3.50. The highest BCUT2D eigenvalue weighted by Gasteiger charge is 2.22. The third-order valence-corrected chi connectivity index (χ3v) is 4.88. The Morgan fingerprint density at radius 3 is 2.67 bits per heavy atom. The van der Waals surface area contributed by atoms with Crippen LogP contribution in [0.1, 0.15) is 5.56 Å². The number of thiazole rings is 1. The fourth-order valence-electron chi connectivity index (χ4n) is 2.70. The lowest BCUT2D eigenvalue weighted by atomic mass is 10.1. The van der Waals surface area contributed by atoms with Gasteiger partial charge in [0.2, 0.25) is 11.6 Å². The summed E-state index contributed by atoms with van der Waals surface area (Å²) in [4.78, 5) is 15.9. The number of benzene rings is 2. The van der Waals surface area contributed by atoms with E-state index in [-0.39, 0.29) is 12.5 Å². The average Bonchev–Trinajstić information content (AvgIpc) is 3.32. The zero-order chi connectivity index (χ0) is 18.8. The summed E-state index contributed by atoms with van der Waals surface area (Å²) in [6, 6.07) is 12.7. The van der Waals surface area contributed by atoms with Crippen LogP contribution in [-0.4, -0.2) is 29.7 Å². The lowest BCUT2D eigenvalue weighted by Gasteiger charge is -2.04. The highest BCUT2D eigenvalue weighted by atomic mass is 32.1. The van der Waals surface area contributed by atoms with Gasteiger partial charge in [-0.15, -0.1) is 11.3 Å². The summed E-state index contributed by atoms with van der Waals surface area (Å²) in [6.45, 7) is 0.0450. The summed E-state index contributed by atoms with van der Waals surface area (Å²) in [6.07, 6.45) is 1.44. The minimum atomic E-state index is -0.467. The van der Waals surface area contributed by atoms with Crippen LogP contribution in [0, 0.1) is 10.1 Å². The van der Waals surface area contributed by atoms with Crippen molar-refractivity contribution in [3.05, 3.63) is 68.3 Å².